The molecule has 0 aliphatic heterocycles. The van der Waals surface area contributed by atoms with Crippen molar-refractivity contribution in [3.63, 3.8) is 0 Å². The Hall–Kier alpha value is -1.88. The molecule has 23 heavy (non-hydrogen) atoms. The molecule has 0 fully saturated rings. The third kappa shape index (κ3) is 3.39. The first-order valence-electron chi connectivity index (χ1n) is 7.21. The fraction of sp³-hybridized carbons (Fsp3) is 0.176. The second kappa shape index (κ2) is 6.71. The van der Waals surface area contributed by atoms with Crippen LogP contribution >= 0.6 is 23.2 Å². The first-order chi connectivity index (χ1) is 11.1. The first kappa shape index (κ1) is 16.0. The summed E-state index contributed by atoms with van der Waals surface area (Å²) in [7, 11) is 0. The van der Waals surface area contributed by atoms with Gasteiger partial charge in [-0.3, -0.25) is 4.98 Å². The molecular formula is C17H16Cl2N4. The van der Waals surface area contributed by atoms with Crippen LogP contribution in [-0.4, -0.2) is 14.5 Å². The molecule has 3 rings (SSSR count). The zero-order valence-corrected chi connectivity index (χ0v) is 14.1. The highest BCUT2D eigenvalue weighted by atomic mass is 35.5. The van der Waals surface area contributed by atoms with Gasteiger partial charge in [0.25, 0.3) is 0 Å². The Morgan fingerprint density at radius 1 is 1.26 bits per heavy atom. The number of halogens is 2. The molecule has 0 spiro atoms. The van der Waals surface area contributed by atoms with Gasteiger partial charge < -0.3 is 10.3 Å². The summed E-state index contributed by atoms with van der Waals surface area (Å²) in [5.41, 5.74) is 9.81. The van der Waals surface area contributed by atoms with Crippen molar-refractivity contribution in [3.05, 3.63) is 70.4 Å². The Kier molecular flexibility index (Phi) is 4.66. The summed E-state index contributed by atoms with van der Waals surface area (Å²) in [5, 5.41) is 1.15. The van der Waals surface area contributed by atoms with Gasteiger partial charge in [0.1, 0.15) is 0 Å². The van der Waals surface area contributed by atoms with E-state index in [-0.39, 0.29) is 6.04 Å². The number of pyridine rings is 1. The van der Waals surface area contributed by atoms with Crippen molar-refractivity contribution in [3.8, 4) is 11.3 Å². The molecule has 4 nitrogen and oxygen atoms in total. The predicted molar refractivity (Wildman–Crippen MR) is 93.6 cm³/mol. The van der Waals surface area contributed by atoms with E-state index in [2.05, 4.69) is 9.97 Å². The average molecular weight is 347 g/mol. The summed E-state index contributed by atoms with van der Waals surface area (Å²) in [6, 6.07) is 9.13. The van der Waals surface area contributed by atoms with Crippen LogP contribution in [-0.2, 0) is 6.54 Å². The zero-order chi connectivity index (χ0) is 16.4. The minimum atomic E-state index is -0.184. The maximum Gasteiger partial charge on any atom is 0.0959 e. The number of hydrogen-bond acceptors (Lipinski definition) is 3. The highest BCUT2D eigenvalue weighted by Crippen LogP contribution is 2.33. The second-order valence-corrected chi connectivity index (χ2v) is 6.22. The number of hydrogen-bond donors (Lipinski definition) is 1. The van der Waals surface area contributed by atoms with Crippen LogP contribution in [0.4, 0.5) is 0 Å². The molecule has 0 saturated heterocycles. The van der Waals surface area contributed by atoms with Crippen molar-refractivity contribution in [2.75, 3.05) is 0 Å². The normalized spacial score (nSPS) is 12.3. The van der Waals surface area contributed by atoms with Crippen molar-refractivity contribution in [1.29, 1.82) is 0 Å². The number of benzene rings is 1. The van der Waals surface area contributed by atoms with E-state index in [1.165, 1.54) is 0 Å². The number of imidazole rings is 1. The van der Waals surface area contributed by atoms with Gasteiger partial charge in [-0.1, -0.05) is 29.3 Å². The molecule has 0 amide bonds. The summed E-state index contributed by atoms with van der Waals surface area (Å²) in [6.07, 6.45) is 5.37. The van der Waals surface area contributed by atoms with Crippen LogP contribution in [0.2, 0.25) is 10.0 Å². The van der Waals surface area contributed by atoms with Crippen molar-refractivity contribution < 1.29 is 0 Å². The molecule has 2 N–H and O–H groups in total. The van der Waals surface area contributed by atoms with Gasteiger partial charge in [0, 0.05) is 29.0 Å². The van der Waals surface area contributed by atoms with Crippen LogP contribution in [0.5, 0.6) is 0 Å². The number of nitrogens with two attached hydrogens (primary N) is 1. The van der Waals surface area contributed by atoms with Gasteiger partial charge in [0.05, 0.1) is 29.3 Å². The summed E-state index contributed by atoms with van der Waals surface area (Å²) >= 11 is 12.3. The van der Waals surface area contributed by atoms with Gasteiger partial charge in [0.2, 0.25) is 0 Å². The van der Waals surface area contributed by atoms with Gasteiger partial charge in [0.15, 0.2) is 0 Å². The fourth-order valence-corrected chi connectivity index (χ4v) is 3.07. The topological polar surface area (TPSA) is 56.7 Å². The van der Waals surface area contributed by atoms with E-state index in [1.807, 2.05) is 35.9 Å². The Morgan fingerprint density at radius 3 is 2.74 bits per heavy atom. The average Bonchev–Trinajstić information content (AvgIpc) is 2.92. The van der Waals surface area contributed by atoms with Gasteiger partial charge in [-0.2, -0.15) is 0 Å². The van der Waals surface area contributed by atoms with Crippen LogP contribution < -0.4 is 5.73 Å². The minimum Gasteiger partial charge on any atom is -0.328 e. The van der Waals surface area contributed by atoms with Crippen LogP contribution in [0.25, 0.3) is 11.3 Å². The Morgan fingerprint density at radius 2 is 2.09 bits per heavy atom. The van der Waals surface area contributed by atoms with Crippen LogP contribution in [0.1, 0.15) is 24.2 Å². The number of nitrogens with zero attached hydrogens (tertiary/aromatic N) is 3. The zero-order valence-electron chi connectivity index (χ0n) is 12.6. The fourth-order valence-electron chi connectivity index (χ4n) is 2.57. The summed E-state index contributed by atoms with van der Waals surface area (Å²) in [6.45, 7) is 2.59. The maximum absolute atomic E-state index is 6.33. The van der Waals surface area contributed by atoms with Crippen LogP contribution in [0, 0.1) is 0 Å². The van der Waals surface area contributed by atoms with E-state index in [4.69, 9.17) is 28.9 Å². The smallest absolute Gasteiger partial charge is 0.0959 e. The van der Waals surface area contributed by atoms with Crippen molar-refractivity contribution in [2.45, 2.75) is 19.5 Å². The van der Waals surface area contributed by atoms with E-state index in [0.717, 1.165) is 22.5 Å². The summed E-state index contributed by atoms with van der Waals surface area (Å²) < 4.78 is 2.03. The standard InChI is InChI=1S/C17H16Cl2N4/c1-11(20)17-16(14-5-4-13(18)7-15(14)19)22-10-23(17)9-12-3-2-6-21-8-12/h2-8,10-11H,9,20H2,1H3. The largest absolute Gasteiger partial charge is 0.328 e. The predicted octanol–water partition coefficient (Wildman–Crippen LogP) is 4.32. The second-order valence-electron chi connectivity index (χ2n) is 5.38. The summed E-state index contributed by atoms with van der Waals surface area (Å²) in [5.74, 6) is 0. The Bertz CT molecular complexity index is 813. The molecule has 118 valence electrons. The molecule has 2 heterocycles. The monoisotopic (exact) mass is 346 g/mol. The molecule has 0 saturated carbocycles. The lowest BCUT2D eigenvalue weighted by Gasteiger charge is -2.14. The van der Waals surface area contributed by atoms with E-state index in [1.54, 1.807) is 24.7 Å². The summed E-state index contributed by atoms with van der Waals surface area (Å²) in [4.78, 5) is 8.67. The molecule has 1 atom stereocenters. The maximum atomic E-state index is 6.33. The van der Waals surface area contributed by atoms with Crippen molar-refractivity contribution in [1.82, 2.24) is 14.5 Å². The third-order valence-electron chi connectivity index (χ3n) is 3.57. The quantitative estimate of drug-likeness (QED) is 0.765. The van der Waals surface area contributed by atoms with Crippen molar-refractivity contribution in [2.24, 2.45) is 5.73 Å². The third-order valence-corrected chi connectivity index (χ3v) is 4.12. The number of aromatic nitrogens is 3. The Labute approximate surface area is 144 Å². The highest BCUT2D eigenvalue weighted by molar-refractivity contribution is 6.36. The van der Waals surface area contributed by atoms with Gasteiger partial charge in [-0.25, -0.2) is 4.98 Å². The van der Waals surface area contributed by atoms with E-state index < -0.39 is 0 Å². The molecule has 0 aliphatic rings. The lowest BCUT2D eigenvalue weighted by molar-refractivity contribution is 0.674. The molecule has 3 aromatic rings. The van der Waals surface area contributed by atoms with E-state index in [9.17, 15) is 0 Å². The highest BCUT2D eigenvalue weighted by Gasteiger charge is 2.18. The van der Waals surface area contributed by atoms with Gasteiger partial charge >= 0.3 is 0 Å². The van der Waals surface area contributed by atoms with E-state index in [0.29, 0.717) is 16.6 Å². The first-order valence-corrected chi connectivity index (χ1v) is 7.97. The molecule has 0 bridgehead atoms. The molecule has 1 aromatic carbocycles. The number of rotatable bonds is 4. The minimum absolute atomic E-state index is 0.184. The van der Waals surface area contributed by atoms with Crippen molar-refractivity contribution >= 4 is 23.2 Å². The van der Waals surface area contributed by atoms with Gasteiger partial charge in [-0.15, -0.1) is 0 Å². The SMILES string of the molecule is CC(N)c1c(-c2ccc(Cl)cc2Cl)ncn1Cc1cccnc1. The molecule has 0 aliphatic carbocycles. The molecule has 2 aromatic heterocycles. The molecule has 0 radical (unpaired) electrons. The van der Waals surface area contributed by atoms with Gasteiger partial charge in [-0.05, 0) is 36.8 Å². The molecule has 1 unspecified atom stereocenters. The Balaban J connectivity index is 2.05. The van der Waals surface area contributed by atoms with Crippen LogP contribution in [0.15, 0.2) is 49.1 Å². The molecular weight excluding hydrogens is 331 g/mol. The lowest BCUT2D eigenvalue weighted by Crippen LogP contribution is -2.13. The van der Waals surface area contributed by atoms with E-state index >= 15 is 0 Å². The molecule has 6 heteroatoms. The van der Waals surface area contributed by atoms with Crippen LogP contribution in [0.3, 0.4) is 0 Å². The lowest BCUT2D eigenvalue weighted by atomic mass is 10.1.